The Hall–Kier alpha value is -2.09. The molecule has 2 aromatic rings. The summed E-state index contributed by atoms with van der Waals surface area (Å²) in [5, 5.41) is 3.35. The molecule has 0 radical (unpaired) electrons. The first kappa shape index (κ1) is 25.2. The molecular weight excluding hydrogens is 461 g/mol. The van der Waals surface area contributed by atoms with E-state index in [2.05, 4.69) is 12.2 Å². The van der Waals surface area contributed by atoms with Crippen LogP contribution in [0.1, 0.15) is 76.0 Å². The average molecular weight is 486 g/mol. The number of halogens is 2. The van der Waals surface area contributed by atoms with Gasteiger partial charge in [0.05, 0.1) is 33.7 Å². The van der Waals surface area contributed by atoms with Gasteiger partial charge in [0.1, 0.15) is 5.00 Å². The van der Waals surface area contributed by atoms with Crippen LogP contribution < -0.4 is 10.1 Å². The summed E-state index contributed by atoms with van der Waals surface area (Å²) >= 11 is 13.6. The van der Waals surface area contributed by atoms with Crippen molar-refractivity contribution in [1.29, 1.82) is 0 Å². The van der Waals surface area contributed by atoms with Gasteiger partial charge in [-0.25, -0.2) is 4.79 Å². The number of rotatable bonds is 10. The minimum absolute atomic E-state index is 0.165. The SMILES string of the molecule is CCCCCOc1c(Cl)cc(C(=O)Nc2sc(C(C)=O)c(C)c2C(=O)OCC)cc1Cl. The Morgan fingerprint density at radius 1 is 1.10 bits per heavy atom. The normalized spacial score (nSPS) is 10.6. The lowest BCUT2D eigenvalue weighted by molar-refractivity contribution is 0.0527. The minimum Gasteiger partial charge on any atom is -0.490 e. The van der Waals surface area contributed by atoms with Gasteiger partial charge < -0.3 is 14.8 Å². The lowest BCUT2D eigenvalue weighted by atomic mass is 10.1. The zero-order valence-corrected chi connectivity index (χ0v) is 20.2. The Balaban J connectivity index is 2.30. The number of esters is 1. The molecule has 0 aliphatic heterocycles. The monoisotopic (exact) mass is 485 g/mol. The van der Waals surface area contributed by atoms with Gasteiger partial charge in [0.15, 0.2) is 11.5 Å². The predicted molar refractivity (Wildman–Crippen MR) is 124 cm³/mol. The molecule has 0 saturated carbocycles. The summed E-state index contributed by atoms with van der Waals surface area (Å²) in [5.41, 5.74) is 0.831. The molecule has 0 unspecified atom stereocenters. The molecule has 0 spiro atoms. The van der Waals surface area contributed by atoms with Crippen molar-refractivity contribution in [2.24, 2.45) is 0 Å². The second-order valence-electron chi connectivity index (χ2n) is 6.82. The van der Waals surface area contributed by atoms with Gasteiger partial charge in [0.25, 0.3) is 5.91 Å². The van der Waals surface area contributed by atoms with Gasteiger partial charge in [-0.3, -0.25) is 9.59 Å². The quantitative estimate of drug-likeness (QED) is 0.234. The fourth-order valence-electron chi connectivity index (χ4n) is 2.92. The van der Waals surface area contributed by atoms with E-state index in [4.69, 9.17) is 32.7 Å². The van der Waals surface area contributed by atoms with Gasteiger partial charge in [-0.05, 0) is 44.9 Å². The summed E-state index contributed by atoms with van der Waals surface area (Å²) in [5.74, 6) is -1.01. The van der Waals surface area contributed by atoms with Crippen molar-refractivity contribution in [3.63, 3.8) is 0 Å². The third kappa shape index (κ3) is 6.21. The molecule has 1 aromatic carbocycles. The molecule has 0 saturated heterocycles. The third-order valence-corrected chi connectivity index (χ3v) is 6.30. The van der Waals surface area contributed by atoms with Crippen LogP contribution in [0.2, 0.25) is 10.0 Å². The van der Waals surface area contributed by atoms with Crippen molar-refractivity contribution in [3.05, 3.63) is 43.7 Å². The number of nitrogens with one attached hydrogen (secondary N) is 1. The molecule has 1 amide bonds. The molecular formula is C22H25Cl2NO5S. The number of carbonyl (C=O) groups excluding carboxylic acids is 3. The van der Waals surface area contributed by atoms with E-state index in [0.29, 0.717) is 22.8 Å². The molecule has 2 rings (SSSR count). The molecule has 9 heteroatoms. The molecule has 0 aliphatic carbocycles. The van der Waals surface area contributed by atoms with E-state index in [1.165, 1.54) is 19.1 Å². The number of anilines is 1. The highest BCUT2D eigenvalue weighted by atomic mass is 35.5. The van der Waals surface area contributed by atoms with Crippen LogP contribution in [0.3, 0.4) is 0 Å². The maximum atomic E-state index is 12.9. The number of ether oxygens (including phenoxy) is 2. The van der Waals surface area contributed by atoms with Gasteiger partial charge in [-0.1, -0.05) is 43.0 Å². The molecule has 31 heavy (non-hydrogen) atoms. The molecule has 1 N–H and O–H groups in total. The smallest absolute Gasteiger partial charge is 0.341 e. The number of ketones is 1. The highest BCUT2D eigenvalue weighted by Gasteiger charge is 2.26. The summed E-state index contributed by atoms with van der Waals surface area (Å²) in [7, 11) is 0. The molecule has 168 valence electrons. The first-order chi connectivity index (χ1) is 14.7. The molecule has 0 atom stereocenters. The molecule has 0 bridgehead atoms. The van der Waals surface area contributed by atoms with Gasteiger partial charge in [-0.15, -0.1) is 11.3 Å². The van der Waals surface area contributed by atoms with E-state index in [1.807, 2.05) is 0 Å². The number of benzene rings is 1. The van der Waals surface area contributed by atoms with Crippen LogP contribution in [0.4, 0.5) is 5.00 Å². The summed E-state index contributed by atoms with van der Waals surface area (Å²) < 4.78 is 10.7. The van der Waals surface area contributed by atoms with Crippen molar-refractivity contribution in [3.8, 4) is 5.75 Å². The van der Waals surface area contributed by atoms with Crippen molar-refractivity contribution >= 4 is 57.2 Å². The lowest BCUT2D eigenvalue weighted by Crippen LogP contribution is -2.15. The number of hydrogen-bond donors (Lipinski definition) is 1. The first-order valence-electron chi connectivity index (χ1n) is 9.95. The van der Waals surface area contributed by atoms with Crippen LogP contribution >= 0.6 is 34.5 Å². The standard InChI is InChI=1S/C22H25Cl2NO5S/c1-5-7-8-9-30-18-15(23)10-14(11-16(18)24)20(27)25-21-17(22(28)29-6-2)12(3)19(31-21)13(4)26/h10-11H,5-9H2,1-4H3,(H,25,27). The fraction of sp³-hybridized carbons (Fsp3) is 0.409. The highest BCUT2D eigenvalue weighted by molar-refractivity contribution is 7.18. The Labute approximate surface area is 195 Å². The highest BCUT2D eigenvalue weighted by Crippen LogP contribution is 2.37. The number of carbonyl (C=O) groups is 3. The van der Waals surface area contributed by atoms with E-state index in [0.717, 1.165) is 30.6 Å². The second-order valence-corrected chi connectivity index (χ2v) is 8.65. The molecule has 0 fully saturated rings. The first-order valence-corrected chi connectivity index (χ1v) is 11.5. The van der Waals surface area contributed by atoms with Crippen molar-refractivity contribution in [2.45, 2.75) is 47.0 Å². The maximum absolute atomic E-state index is 12.9. The van der Waals surface area contributed by atoms with Crippen molar-refractivity contribution < 1.29 is 23.9 Å². The number of amides is 1. The van der Waals surface area contributed by atoms with Crippen LogP contribution in [0.25, 0.3) is 0 Å². The number of unbranched alkanes of at least 4 members (excludes halogenated alkanes) is 2. The average Bonchev–Trinajstić information content (AvgIpc) is 3.03. The molecule has 1 heterocycles. The number of Topliss-reactive ketones (excluding diaryl/α,β-unsaturated/α-hetero) is 1. The topological polar surface area (TPSA) is 81.7 Å². The third-order valence-electron chi connectivity index (χ3n) is 4.43. The summed E-state index contributed by atoms with van der Waals surface area (Å²) in [6.45, 7) is 7.46. The predicted octanol–water partition coefficient (Wildman–Crippen LogP) is 6.56. The van der Waals surface area contributed by atoms with Crippen LogP contribution in [0.5, 0.6) is 5.75 Å². The minimum atomic E-state index is -0.606. The van der Waals surface area contributed by atoms with Gasteiger partial charge >= 0.3 is 5.97 Å². The van der Waals surface area contributed by atoms with Crippen LogP contribution in [0.15, 0.2) is 12.1 Å². The Kier molecular flexibility index (Phi) is 9.34. The molecule has 6 nitrogen and oxygen atoms in total. The van der Waals surface area contributed by atoms with Crippen LogP contribution in [0, 0.1) is 6.92 Å². The Morgan fingerprint density at radius 2 is 1.74 bits per heavy atom. The van der Waals surface area contributed by atoms with Gasteiger partial charge in [0.2, 0.25) is 0 Å². The van der Waals surface area contributed by atoms with E-state index in [-0.39, 0.29) is 38.6 Å². The lowest BCUT2D eigenvalue weighted by Gasteiger charge is -2.12. The van der Waals surface area contributed by atoms with E-state index in [1.54, 1.807) is 13.8 Å². The zero-order chi connectivity index (χ0) is 23.1. The van der Waals surface area contributed by atoms with E-state index >= 15 is 0 Å². The fourth-order valence-corrected chi connectivity index (χ4v) is 4.60. The van der Waals surface area contributed by atoms with Crippen LogP contribution in [-0.4, -0.2) is 30.9 Å². The summed E-state index contributed by atoms with van der Waals surface area (Å²) in [4.78, 5) is 37.6. The van der Waals surface area contributed by atoms with E-state index < -0.39 is 11.9 Å². The van der Waals surface area contributed by atoms with E-state index in [9.17, 15) is 14.4 Å². The van der Waals surface area contributed by atoms with Crippen molar-refractivity contribution in [2.75, 3.05) is 18.5 Å². The number of thiophene rings is 1. The maximum Gasteiger partial charge on any atom is 0.341 e. The zero-order valence-electron chi connectivity index (χ0n) is 17.9. The largest absolute Gasteiger partial charge is 0.490 e. The van der Waals surface area contributed by atoms with Gasteiger partial charge in [-0.2, -0.15) is 0 Å². The van der Waals surface area contributed by atoms with Crippen LogP contribution in [-0.2, 0) is 4.74 Å². The molecule has 0 aliphatic rings. The Bertz CT molecular complexity index is 964. The number of hydrogen-bond acceptors (Lipinski definition) is 6. The molecule has 1 aromatic heterocycles. The Morgan fingerprint density at radius 3 is 2.29 bits per heavy atom. The second kappa shape index (κ2) is 11.5. The summed E-state index contributed by atoms with van der Waals surface area (Å²) in [6.07, 6.45) is 2.96. The van der Waals surface area contributed by atoms with Gasteiger partial charge in [0, 0.05) is 5.56 Å². The summed E-state index contributed by atoms with van der Waals surface area (Å²) in [6, 6.07) is 2.91. The van der Waals surface area contributed by atoms with Crippen molar-refractivity contribution in [1.82, 2.24) is 0 Å².